The summed E-state index contributed by atoms with van der Waals surface area (Å²) in [6, 6.07) is 5.31. The Morgan fingerprint density at radius 2 is 1.81 bits per heavy atom. The maximum atomic E-state index is 5.82. The number of nitrogens with one attached hydrogen (secondary N) is 1. The summed E-state index contributed by atoms with van der Waals surface area (Å²) in [5.74, 6) is 1.74. The van der Waals surface area contributed by atoms with Gasteiger partial charge in [-0.2, -0.15) is 9.97 Å². The number of nitrogens with two attached hydrogens (primary N) is 1. The molecule has 0 aliphatic rings. The van der Waals surface area contributed by atoms with Gasteiger partial charge in [-0.25, -0.2) is 4.98 Å². The monoisotopic (exact) mass is 287 g/mol. The van der Waals surface area contributed by atoms with Crippen LogP contribution in [0.5, 0.6) is 23.1 Å². The lowest BCUT2D eigenvalue weighted by molar-refractivity contribution is 0.343. The minimum absolute atomic E-state index is 0.0680. The number of H-pyrrole nitrogens is 1. The number of aromatic amines is 1. The van der Waals surface area contributed by atoms with Gasteiger partial charge in [0.2, 0.25) is 11.7 Å². The van der Waals surface area contributed by atoms with Crippen molar-refractivity contribution in [3.63, 3.8) is 0 Å². The molecule has 3 N–H and O–H groups in total. The van der Waals surface area contributed by atoms with Crippen LogP contribution in [-0.4, -0.2) is 34.2 Å². The minimum Gasteiger partial charge on any atom is -0.493 e. The summed E-state index contributed by atoms with van der Waals surface area (Å²) < 4.78 is 16.4. The van der Waals surface area contributed by atoms with Crippen molar-refractivity contribution in [2.75, 3.05) is 20.0 Å². The van der Waals surface area contributed by atoms with Crippen molar-refractivity contribution in [3.05, 3.63) is 24.5 Å². The topological polar surface area (TPSA) is 108 Å². The molecule has 8 heteroatoms. The molecule has 8 nitrogen and oxygen atoms in total. The van der Waals surface area contributed by atoms with E-state index in [2.05, 4.69) is 19.9 Å². The van der Waals surface area contributed by atoms with Crippen molar-refractivity contribution in [1.29, 1.82) is 0 Å². The van der Waals surface area contributed by atoms with Crippen LogP contribution in [0, 0.1) is 0 Å². The predicted octanol–water partition coefficient (Wildman–Crippen LogP) is 1.74. The Kier molecular flexibility index (Phi) is 3.19. The second-order valence-corrected chi connectivity index (χ2v) is 4.08. The first-order valence-corrected chi connectivity index (χ1v) is 6.08. The number of hydrogen-bond donors (Lipinski definition) is 2. The first-order valence-electron chi connectivity index (χ1n) is 6.08. The van der Waals surface area contributed by atoms with Crippen LogP contribution >= 0.6 is 0 Å². The largest absolute Gasteiger partial charge is 0.493 e. The molecule has 108 valence electrons. The van der Waals surface area contributed by atoms with E-state index in [4.69, 9.17) is 19.9 Å². The molecule has 2 heterocycles. The number of fused-ring (bicyclic) bond motifs is 1. The molecule has 0 unspecified atom stereocenters. The number of aromatic nitrogens is 4. The maximum Gasteiger partial charge on any atom is 0.250 e. The lowest BCUT2D eigenvalue weighted by Gasteiger charge is -2.13. The van der Waals surface area contributed by atoms with Gasteiger partial charge in [0.1, 0.15) is 5.52 Å². The van der Waals surface area contributed by atoms with E-state index in [0.29, 0.717) is 28.4 Å². The fourth-order valence-corrected chi connectivity index (χ4v) is 1.91. The Morgan fingerprint density at radius 3 is 2.48 bits per heavy atom. The van der Waals surface area contributed by atoms with Gasteiger partial charge in [0, 0.05) is 0 Å². The van der Waals surface area contributed by atoms with Crippen LogP contribution < -0.4 is 19.9 Å². The third-order valence-electron chi connectivity index (χ3n) is 2.85. The Bertz CT molecular complexity index is 764. The highest BCUT2D eigenvalue weighted by Crippen LogP contribution is 2.40. The molecule has 0 spiro atoms. The summed E-state index contributed by atoms with van der Waals surface area (Å²) in [7, 11) is 3.09. The van der Waals surface area contributed by atoms with Gasteiger partial charge in [0.25, 0.3) is 5.88 Å². The number of imidazole rings is 1. The van der Waals surface area contributed by atoms with Crippen LogP contribution in [-0.2, 0) is 0 Å². The van der Waals surface area contributed by atoms with Crippen molar-refractivity contribution in [2.45, 2.75) is 0 Å². The molecule has 0 fully saturated rings. The maximum absolute atomic E-state index is 5.82. The molecule has 0 saturated heterocycles. The molecular formula is C13H13N5O3. The summed E-state index contributed by atoms with van der Waals surface area (Å²) in [6.45, 7) is 0. The number of para-hydroxylation sites is 1. The van der Waals surface area contributed by atoms with E-state index in [9.17, 15) is 0 Å². The summed E-state index contributed by atoms with van der Waals surface area (Å²) >= 11 is 0. The molecule has 0 amide bonds. The van der Waals surface area contributed by atoms with E-state index in [1.807, 2.05) is 0 Å². The average molecular weight is 287 g/mol. The van der Waals surface area contributed by atoms with E-state index in [1.165, 1.54) is 6.33 Å². The zero-order valence-corrected chi connectivity index (χ0v) is 11.5. The summed E-state index contributed by atoms with van der Waals surface area (Å²) in [6.07, 6.45) is 1.49. The normalized spacial score (nSPS) is 10.6. The summed E-state index contributed by atoms with van der Waals surface area (Å²) in [4.78, 5) is 15.0. The van der Waals surface area contributed by atoms with E-state index >= 15 is 0 Å². The van der Waals surface area contributed by atoms with Crippen LogP contribution in [0.4, 0.5) is 5.95 Å². The fraction of sp³-hybridized carbons (Fsp3) is 0.154. The number of nitrogen functional groups attached to an aromatic ring is 1. The lowest BCUT2D eigenvalue weighted by Crippen LogP contribution is -2.00. The van der Waals surface area contributed by atoms with Gasteiger partial charge in [-0.15, -0.1) is 0 Å². The highest BCUT2D eigenvalue weighted by Gasteiger charge is 2.17. The SMILES string of the molecule is COc1cccc(OC)c1Oc1nc(N)nc2nc[nH]c12. The zero-order chi connectivity index (χ0) is 14.8. The molecule has 2 aromatic heterocycles. The predicted molar refractivity (Wildman–Crippen MR) is 75.7 cm³/mol. The third-order valence-corrected chi connectivity index (χ3v) is 2.85. The van der Waals surface area contributed by atoms with Gasteiger partial charge in [-0.1, -0.05) is 6.07 Å². The minimum atomic E-state index is 0.0680. The molecule has 21 heavy (non-hydrogen) atoms. The Balaban J connectivity index is 2.12. The van der Waals surface area contributed by atoms with E-state index in [0.717, 1.165) is 0 Å². The Hall–Kier alpha value is -3.03. The van der Waals surface area contributed by atoms with Crippen LogP contribution in [0.2, 0.25) is 0 Å². The number of methoxy groups -OCH3 is 2. The van der Waals surface area contributed by atoms with Gasteiger partial charge in [0.05, 0.1) is 20.5 Å². The summed E-state index contributed by atoms with van der Waals surface area (Å²) in [5.41, 5.74) is 6.62. The van der Waals surface area contributed by atoms with Gasteiger partial charge in [-0.05, 0) is 12.1 Å². The molecule has 0 aliphatic carbocycles. The van der Waals surface area contributed by atoms with Gasteiger partial charge >= 0.3 is 0 Å². The molecule has 0 bridgehead atoms. The Labute approximate surface area is 119 Å². The van der Waals surface area contributed by atoms with Gasteiger partial charge < -0.3 is 24.9 Å². The quantitative estimate of drug-likeness (QED) is 0.752. The number of hydrogen-bond acceptors (Lipinski definition) is 7. The molecule has 0 saturated carbocycles. The van der Waals surface area contributed by atoms with E-state index in [-0.39, 0.29) is 11.8 Å². The molecule has 1 aromatic carbocycles. The highest BCUT2D eigenvalue weighted by molar-refractivity contribution is 5.77. The molecule has 0 atom stereocenters. The zero-order valence-electron chi connectivity index (χ0n) is 11.5. The molecular weight excluding hydrogens is 274 g/mol. The van der Waals surface area contributed by atoms with E-state index < -0.39 is 0 Å². The van der Waals surface area contributed by atoms with Crippen molar-refractivity contribution in [1.82, 2.24) is 19.9 Å². The lowest BCUT2D eigenvalue weighted by atomic mass is 10.3. The first-order chi connectivity index (χ1) is 10.2. The molecule has 3 rings (SSSR count). The molecule has 3 aromatic rings. The van der Waals surface area contributed by atoms with Crippen LogP contribution in [0.1, 0.15) is 0 Å². The second-order valence-electron chi connectivity index (χ2n) is 4.08. The van der Waals surface area contributed by atoms with Crippen LogP contribution in [0.3, 0.4) is 0 Å². The number of ether oxygens (including phenoxy) is 3. The highest BCUT2D eigenvalue weighted by atomic mass is 16.5. The van der Waals surface area contributed by atoms with E-state index in [1.54, 1.807) is 32.4 Å². The molecule has 0 radical (unpaired) electrons. The van der Waals surface area contributed by atoms with Gasteiger partial charge in [-0.3, -0.25) is 0 Å². The van der Waals surface area contributed by atoms with Crippen molar-refractivity contribution in [2.24, 2.45) is 0 Å². The Morgan fingerprint density at radius 1 is 1.10 bits per heavy atom. The number of anilines is 1. The van der Waals surface area contributed by atoms with Crippen LogP contribution in [0.15, 0.2) is 24.5 Å². The van der Waals surface area contributed by atoms with Crippen LogP contribution in [0.25, 0.3) is 11.2 Å². The fourth-order valence-electron chi connectivity index (χ4n) is 1.91. The second kappa shape index (κ2) is 5.16. The standard InChI is InChI=1S/C13H13N5O3/c1-19-7-4-3-5-8(20-2)10(7)21-12-9-11(16-6-15-9)17-13(14)18-12/h3-6H,1-2H3,(H3,14,15,16,17,18). The van der Waals surface area contributed by atoms with Gasteiger partial charge in [0.15, 0.2) is 17.1 Å². The summed E-state index contributed by atoms with van der Waals surface area (Å²) in [5, 5.41) is 0. The molecule has 0 aliphatic heterocycles. The third kappa shape index (κ3) is 2.27. The first kappa shape index (κ1) is 13.0. The van der Waals surface area contributed by atoms with Crippen molar-refractivity contribution >= 4 is 17.1 Å². The smallest absolute Gasteiger partial charge is 0.250 e. The number of rotatable bonds is 4. The average Bonchev–Trinajstić information content (AvgIpc) is 2.95. The van der Waals surface area contributed by atoms with Crippen molar-refractivity contribution < 1.29 is 14.2 Å². The number of nitrogens with zero attached hydrogens (tertiary/aromatic N) is 3. The van der Waals surface area contributed by atoms with Crippen molar-refractivity contribution in [3.8, 4) is 23.1 Å². The number of benzene rings is 1.